The first-order chi connectivity index (χ1) is 8.22. The van der Waals surface area contributed by atoms with Crippen molar-refractivity contribution < 1.29 is 0 Å². The fourth-order valence-corrected chi connectivity index (χ4v) is 2.66. The molecule has 2 aromatic rings. The van der Waals surface area contributed by atoms with Gasteiger partial charge in [0.1, 0.15) is 12.1 Å². The van der Waals surface area contributed by atoms with E-state index < -0.39 is 0 Å². The standard InChI is InChI=1S/C12H14ClN3S/c1-3-6-14-12-8(2)11(15-7-16-12)9-4-5-10(13)17-9/h4-5,7H,3,6H2,1-2H3,(H,14,15,16). The summed E-state index contributed by atoms with van der Waals surface area (Å²) in [6, 6.07) is 3.88. The smallest absolute Gasteiger partial charge is 0.132 e. The highest BCUT2D eigenvalue weighted by Gasteiger charge is 2.10. The first-order valence-corrected chi connectivity index (χ1v) is 6.73. The number of hydrogen-bond donors (Lipinski definition) is 1. The van der Waals surface area contributed by atoms with Gasteiger partial charge >= 0.3 is 0 Å². The molecule has 2 heterocycles. The van der Waals surface area contributed by atoms with Crippen LogP contribution >= 0.6 is 22.9 Å². The number of anilines is 1. The molecule has 0 unspecified atom stereocenters. The van der Waals surface area contributed by atoms with E-state index in [0.717, 1.165) is 39.3 Å². The molecule has 3 nitrogen and oxygen atoms in total. The molecule has 2 aromatic heterocycles. The Kier molecular flexibility index (Phi) is 3.97. The van der Waals surface area contributed by atoms with Crippen LogP contribution in [0.3, 0.4) is 0 Å². The van der Waals surface area contributed by atoms with Gasteiger partial charge < -0.3 is 5.32 Å². The summed E-state index contributed by atoms with van der Waals surface area (Å²) in [6.45, 7) is 5.08. The minimum absolute atomic E-state index is 0.779. The van der Waals surface area contributed by atoms with E-state index in [1.165, 1.54) is 11.3 Å². The van der Waals surface area contributed by atoms with Crippen molar-refractivity contribution in [3.63, 3.8) is 0 Å². The second kappa shape index (κ2) is 5.47. The minimum Gasteiger partial charge on any atom is -0.370 e. The summed E-state index contributed by atoms with van der Waals surface area (Å²) in [6.07, 6.45) is 2.66. The quantitative estimate of drug-likeness (QED) is 0.910. The van der Waals surface area contributed by atoms with Crippen molar-refractivity contribution in [3.8, 4) is 10.6 Å². The fraction of sp³-hybridized carbons (Fsp3) is 0.333. The van der Waals surface area contributed by atoms with Crippen LogP contribution in [0.15, 0.2) is 18.5 Å². The van der Waals surface area contributed by atoms with Crippen LogP contribution in [0.1, 0.15) is 18.9 Å². The Bertz CT molecular complexity index is 510. The van der Waals surface area contributed by atoms with Crippen LogP contribution in [0.4, 0.5) is 5.82 Å². The first-order valence-electron chi connectivity index (χ1n) is 5.53. The maximum atomic E-state index is 5.95. The normalized spacial score (nSPS) is 10.5. The number of nitrogens with one attached hydrogen (secondary N) is 1. The van der Waals surface area contributed by atoms with Gasteiger partial charge in [-0.15, -0.1) is 11.3 Å². The molecule has 0 amide bonds. The van der Waals surface area contributed by atoms with Crippen molar-refractivity contribution in [2.45, 2.75) is 20.3 Å². The van der Waals surface area contributed by atoms with Gasteiger partial charge in [0.2, 0.25) is 0 Å². The molecule has 0 radical (unpaired) electrons. The SMILES string of the molecule is CCCNc1ncnc(-c2ccc(Cl)s2)c1C. The van der Waals surface area contributed by atoms with Crippen molar-refractivity contribution in [3.05, 3.63) is 28.4 Å². The number of nitrogens with zero attached hydrogens (tertiary/aromatic N) is 2. The highest BCUT2D eigenvalue weighted by Crippen LogP contribution is 2.32. The van der Waals surface area contributed by atoms with E-state index in [9.17, 15) is 0 Å². The summed E-state index contributed by atoms with van der Waals surface area (Å²) in [5.41, 5.74) is 2.02. The predicted octanol–water partition coefficient (Wildman–Crippen LogP) is 3.99. The van der Waals surface area contributed by atoms with Crippen LogP contribution in [0, 0.1) is 6.92 Å². The summed E-state index contributed by atoms with van der Waals surface area (Å²) in [5.74, 6) is 0.904. The molecular formula is C12H14ClN3S. The summed E-state index contributed by atoms with van der Waals surface area (Å²) in [7, 11) is 0. The molecule has 90 valence electrons. The average molecular weight is 268 g/mol. The molecule has 0 fully saturated rings. The van der Waals surface area contributed by atoms with Gasteiger partial charge in [0.05, 0.1) is 14.9 Å². The first kappa shape index (κ1) is 12.3. The van der Waals surface area contributed by atoms with Crippen molar-refractivity contribution in [2.75, 3.05) is 11.9 Å². The number of rotatable bonds is 4. The van der Waals surface area contributed by atoms with Gasteiger partial charge in [0.15, 0.2) is 0 Å². The minimum atomic E-state index is 0.779. The van der Waals surface area contributed by atoms with Gasteiger partial charge in [0, 0.05) is 12.1 Å². The lowest BCUT2D eigenvalue weighted by Crippen LogP contribution is -2.05. The molecule has 0 saturated carbocycles. The van der Waals surface area contributed by atoms with Gasteiger partial charge in [-0.2, -0.15) is 0 Å². The third-order valence-corrected chi connectivity index (χ3v) is 3.67. The van der Waals surface area contributed by atoms with Gasteiger partial charge in [-0.3, -0.25) is 0 Å². The van der Waals surface area contributed by atoms with Crippen LogP contribution in [-0.2, 0) is 0 Å². The molecule has 17 heavy (non-hydrogen) atoms. The molecule has 0 atom stereocenters. The van der Waals surface area contributed by atoms with Crippen LogP contribution in [0.25, 0.3) is 10.6 Å². The van der Waals surface area contributed by atoms with E-state index >= 15 is 0 Å². The van der Waals surface area contributed by atoms with Crippen LogP contribution in [-0.4, -0.2) is 16.5 Å². The molecule has 0 aromatic carbocycles. The molecule has 1 N–H and O–H groups in total. The molecular weight excluding hydrogens is 254 g/mol. The lowest BCUT2D eigenvalue weighted by molar-refractivity contribution is 0.960. The van der Waals surface area contributed by atoms with Crippen LogP contribution in [0.5, 0.6) is 0 Å². The molecule has 0 aliphatic carbocycles. The molecule has 0 saturated heterocycles. The van der Waals surface area contributed by atoms with Crippen LogP contribution in [0.2, 0.25) is 4.34 Å². The number of aromatic nitrogens is 2. The third-order valence-electron chi connectivity index (χ3n) is 2.43. The van der Waals surface area contributed by atoms with Crippen LogP contribution < -0.4 is 5.32 Å². The zero-order valence-corrected chi connectivity index (χ0v) is 11.4. The van der Waals surface area contributed by atoms with E-state index in [-0.39, 0.29) is 0 Å². The zero-order valence-electron chi connectivity index (χ0n) is 9.83. The van der Waals surface area contributed by atoms with Gasteiger partial charge in [0.25, 0.3) is 0 Å². The molecule has 5 heteroatoms. The second-order valence-corrected chi connectivity index (χ2v) is 5.44. The third kappa shape index (κ3) is 2.76. The summed E-state index contributed by atoms with van der Waals surface area (Å²) < 4.78 is 0.779. The highest BCUT2D eigenvalue weighted by molar-refractivity contribution is 7.19. The number of hydrogen-bond acceptors (Lipinski definition) is 4. The largest absolute Gasteiger partial charge is 0.370 e. The highest BCUT2D eigenvalue weighted by atomic mass is 35.5. The summed E-state index contributed by atoms with van der Waals surface area (Å²) in [5, 5.41) is 3.30. The average Bonchev–Trinajstić information content (AvgIpc) is 2.74. The second-order valence-electron chi connectivity index (χ2n) is 3.73. The predicted molar refractivity (Wildman–Crippen MR) is 73.9 cm³/mol. The fourth-order valence-electron chi connectivity index (χ4n) is 1.56. The lowest BCUT2D eigenvalue weighted by Gasteiger charge is -2.09. The lowest BCUT2D eigenvalue weighted by atomic mass is 10.2. The Morgan fingerprint density at radius 3 is 2.82 bits per heavy atom. The van der Waals surface area contributed by atoms with Crippen molar-refractivity contribution in [1.29, 1.82) is 0 Å². The molecule has 2 rings (SSSR count). The van der Waals surface area contributed by atoms with E-state index in [4.69, 9.17) is 11.6 Å². The Morgan fingerprint density at radius 1 is 1.35 bits per heavy atom. The molecule has 0 aliphatic rings. The topological polar surface area (TPSA) is 37.8 Å². The number of halogens is 1. The van der Waals surface area contributed by atoms with Crippen molar-refractivity contribution in [2.24, 2.45) is 0 Å². The zero-order chi connectivity index (χ0) is 12.3. The van der Waals surface area contributed by atoms with E-state index in [2.05, 4.69) is 22.2 Å². The Balaban J connectivity index is 2.35. The van der Waals surface area contributed by atoms with E-state index in [0.29, 0.717) is 0 Å². The summed E-state index contributed by atoms with van der Waals surface area (Å²) >= 11 is 7.48. The maximum Gasteiger partial charge on any atom is 0.132 e. The van der Waals surface area contributed by atoms with Crippen molar-refractivity contribution >= 4 is 28.8 Å². The molecule has 0 spiro atoms. The monoisotopic (exact) mass is 267 g/mol. The van der Waals surface area contributed by atoms with Crippen molar-refractivity contribution in [1.82, 2.24) is 9.97 Å². The Hall–Kier alpha value is -1.13. The summed E-state index contributed by atoms with van der Waals surface area (Å²) in [4.78, 5) is 9.67. The van der Waals surface area contributed by atoms with Gasteiger partial charge in [-0.05, 0) is 25.5 Å². The van der Waals surface area contributed by atoms with Gasteiger partial charge in [-0.25, -0.2) is 9.97 Å². The molecule has 0 aliphatic heterocycles. The maximum absolute atomic E-state index is 5.95. The van der Waals surface area contributed by atoms with Gasteiger partial charge in [-0.1, -0.05) is 18.5 Å². The Labute approximate surface area is 110 Å². The van der Waals surface area contributed by atoms with E-state index in [1.54, 1.807) is 6.33 Å². The number of thiophene rings is 1. The Morgan fingerprint density at radius 2 is 2.18 bits per heavy atom. The molecule has 0 bridgehead atoms. The van der Waals surface area contributed by atoms with E-state index in [1.807, 2.05) is 19.1 Å².